The van der Waals surface area contributed by atoms with Crippen LogP contribution in [0.25, 0.3) is 0 Å². The van der Waals surface area contributed by atoms with Gasteiger partial charge in [0.25, 0.3) is 5.91 Å². The zero-order valence-electron chi connectivity index (χ0n) is 14.0. The molecule has 128 valence electrons. The molecule has 1 aromatic heterocycles. The number of furan rings is 1. The molecular weight excluding hydrogens is 310 g/mol. The van der Waals surface area contributed by atoms with E-state index in [1.54, 1.807) is 14.0 Å². The molecule has 0 aliphatic rings. The van der Waals surface area contributed by atoms with E-state index in [1.165, 1.54) is 19.3 Å². The van der Waals surface area contributed by atoms with E-state index in [0.29, 0.717) is 24.3 Å². The van der Waals surface area contributed by atoms with Crippen molar-refractivity contribution in [3.63, 3.8) is 0 Å². The summed E-state index contributed by atoms with van der Waals surface area (Å²) < 4.78 is 15.3. The van der Waals surface area contributed by atoms with Crippen molar-refractivity contribution in [1.29, 1.82) is 0 Å². The first kappa shape index (κ1) is 17.6. The Kier molecular flexibility index (Phi) is 6.01. The lowest BCUT2D eigenvalue weighted by Crippen LogP contribution is -2.36. The molecule has 0 fully saturated rings. The molecule has 0 unspecified atom stereocenters. The van der Waals surface area contributed by atoms with Crippen LogP contribution >= 0.6 is 0 Å². The van der Waals surface area contributed by atoms with Crippen LogP contribution in [0.3, 0.4) is 0 Å². The summed E-state index contributed by atoms with van der Waals surface area (Å²) in [6.07, 6.45) is 1.21. The predicted octanol–water partition coefficient (Wildman–Crippen LogP) is 2.50. The number of nitrogens with one attached hydrogen (secondary N) is 1. The fourth-order valence-corrected chi connectivity index (χ4v) is 2.14. The second-order valence-corrected chi connectivity index (χ2v) is 5.33. The van der Waals surface area contributed by atoms with Gasteiger partial charge in [-0.1, -0.05) is 12.1 Å². The van der Waals surface area contributed by atoms with Crippen LogP contribution in [0.2, 0.25) is 0 Å². The van der Waals surface area contributed by atoms with Crippen LogP contribution in [-0.4, -0.2) is 31.6 Å². The molecule has 1 heterocycles. The average molecular weight is 331 g/mol. The van der Waals surface area contributed by atoms with Gasteiger partial charge in [0, 0.05) is 6.54 Å². The third-order valence-electron chi connectivity index (χ3n) is 3.60. The number of carbonyl (C=O) groups is 2. The van der Waals surface area contributed by atoms with Gasteiger partial charge < -0.3 is 19.2 Å². The highest BCUT2D eigenvalue weighted by Crippen LogP contribution is 2.12. The Hall–Kier alpha value is -2.76. The van der Waals surface area contributed by atoms with Crippen molar-refractivity contribution in [3.8, 4) is 5.75 Å². The van der Waals surface area contributed by atoms with Gasteiger partial charge in [-0.3, -0.25) is 4.79 Å². The van der Waals surface area contributed by atoms with Crippen LogP contribution in [0.5, 0.6) is 5.75 Å². The predicted molar refractivity (Wildman–Crippen MR) is 88.0 cm³/mol. The van der Waals surface area contributed by atoms with Crippen molar-refractivity contribution >= 4 is 11.9 Å². The maximum Gasteiger partial charge on any atom is 0.342 e. The summed E-state index contributed by atoms with van der Waals surface area (Å²) in [4.78, 5) is 23.9. The van der Waals surface area contributed by atoms with E-state index in [0.717, 1.165) is 11.3 Å². The summed E-state index contributed by atoms with van der Waals surface area (Å²) in [7, 11) is 1.61. The van der Waals surface area contributed by atoms with E-state index >= 15 is 0 Å². The molecule has 6 heteroatoms. The van der Waals surface area contributed by atoms with Gasteiger partial charge >= 0.3 is 5.97 Å². The molecule has 1 aromatic carbocycles. The van der Waals surface area contributed by atoms with E-state index in [-0.39, 0.29) is 5.91 Å². The van der Waals surface area contributed by atoms with Gasteiger partial charge in [-0.15, -0.1) is 0 Å². The molecule has 0 bridgehead atoms. The highest BCUT2D eigenvalue weighted by Gasteiger charge is 2.20. The van der Waals surface area contributed by atoms with Crippen LogP contribution < -0.4 is 10.1 Å². The molecule has 2 aromatic rings. The Morgan fingerprint density at radius 2 is 1.92 bits per heavy atom. The Balaban J connectivity index is 1.77. The molecule has 1 amide bonds. The number of hydrogen-bond acceptors (Lipinski definition) is 5. The van der Waals surface area contributed by atoms with E-state index in [1.807, 2.05) is 24.3 Å². The first-order chi connectivity index (χ1) is 11.5. The zero-order valence-corrected chi connectivity index (χ0v) is 14.0. The van der Waals surface area contributed by atoms with Gasteiger partial charge in [0.15, 0.2) is 6.10 Å². The number of rotatable bonds is 7. The number of ether oxygens (including phenoxy) is 2. The minimum atomic E-state index is -0.873. The summed E-state index contributed by atoms with van der Waals surface area (Å²) in [6, 6.07) is 9.14. The highest BCUT2D eigenvalue weighted by atomic mass is 16.5. The van der Waals surface area contributed by atoms with Crippen molar-refractivity contribution in [1.82, 2.24) is 5.32 Å². The molecule has 1 atom stereocenters. The van der Waals surface area contributed by atoms with Crippen molar-refractivity contribution in [2.75, 3.05) is 13.7 Å². The molecule has 0 radical (unpaired) electrons. The molecule has 0 aliphatic heterocycles. The van der Waals surface area contributed by atoms with E-state index in [2.05, 4.69) is 5.32 Å². The molecule has 0 saturated carbocycles. The topological polar surface area (TPSA) is 77.8 Å². The van der Waals surface area contributed by atoms with Gasteiger partial charge in [-0.25, -0.2) is 4.79 Å². The maximum absolute atomic E-state index is 12.0. The maximum atomic E-state index is 12.0. The van der Waals surface area contributed by atoms with Crippen LogP contribution in [-0.2, 0) is 16.0 Å². The van der Waals surface area contributed by atoms with Gasteiger partial charge in [0.2, 0.25) is 0 Å². The number of carbonyl (C=O) groups excluding carboxylic acids is 2. The minimum Gasteiger partial charge on any atom is -0.497 e. The summed E-state index contributed by atoms with van der Waals surface area (Å²) >= 11 is 0. The molecule has 1 N–H and O–H groups in total. The number of benzene rings is 1. The largest absolute Gasteiger partial charge is 0.497 e. The molecule has 24 heavy (non-hydrogen) atoms. The Bertz CT molecular complexity index is 690. The minimum absolute atomic E-state index is 0.327. The summed E-state index contributed by atoms with van der Waals surface area (Å²) in [5.74, 6) is 0.349. The molecule has 2 rings (SSSR count). The molecule has 0 saturated heterocycles. The van der Waals surface area contributed by atoms with Gasteiger partial charge in [-0.2, -0.15) is 0 Å². The SMILES string of the molecule is COc1ccc(CCNC(=O)[C@H](C)OC(=O)c2ccoc2C)cc1. The first-order valence-corrected chi connectivity index (χ1v) is 7.67. The third-order valence-corrected chi connectivity index (χ3v) is 3.60. The van der Waals surface area contributed by atoms with Gasteiger partial charge in [0.05, 0.1) is 13.4 Å². The molecule has 0 aliphatic carbocycles. The quantitative estimate of drug-likeness (QED) is 0.789. The van der Waals surface area contributed by atoms with Crippen LogP contribution in [0.4, 0.5) is 0 Å². The molecule has 0 spiro atoms. The summed E-state index contributed by atoms with van der Waals surface area (Å²) in [5.41, 5.74) is 1.41. The summed E-state index contributed by atoms with van der Waals surface area (Å²) in [6.45, 7) is 3.66. The zero-order chi connectivity index (χ0) is 17.5. The van der Waals surface area contributed by atoms with Gasteiger partial charge in [0.1, 0.15) is 17.1 Å². The van der Waals surface area contributed by atoms with E-state index < -0.39 is 12.1 Å². The lowest BCUT2D eigenvalue weighted by atomic mass is 10.1. The second kappa shape index (κ2) is 8.19. The van der Waals surface area contributed by atoms with Crippen molar-refractivity contribution in [3.05, 3.63) is 53.5 Å². The van der Waals surface area contributed by atoms with Crippen molar-refractivity contribution in [2.45, 2.75) is 26.4 Å². The fourth-order valence-electron chi connectivity index (χ4n) is 2.14. The lowest BCUT2D eigenvalue weighted by Gasteiger charge is -2.13. The van der Waals surface area contributed by atoms with Gasteiger partial charge in [-0.05, 0) is 44.0 Å². The number of methoxy groups -OCH3 is 1. The number of esters is 1. The van der Waals surface area contributed by atoms with E-state index in [9.17, 15) is 9.59 Å². The molecular formula is C18H21NO5. The average Bonchev–Trinajstić information content (AvgIpc) is 3.01. The van der Waals surface area contributed by atoms with Crippen LogP contribution in [0.15, 0.2) is 41.0 Å². The number of hydrogen-bond donors (Lipinski definition) is 1. The number of amides is 1. The van der Waals surface area contributed by atoms with Crippen molar-refractivity contribution < 1.29 is 23.5 Å². The van der Waals surface area contributed by atoms with Crippen LogP contribution in [0.1, 0.15) is 28.6 Å². The summed E-state index contributed by atoms with van der Waals surface area (Å²) in [5, 5.41) is 2.75. The lowest BCUT2D eigenvalue weighted by molar-refractivity contribution is -0.129. The Morgan fingerprint density at radius 3 is 2.50 bits per heavy atom. The fraction of sp³-hybridized carbons (Fsp3) is 0.333. The van der Waals surface area contributed by atoms with E-state index in [4.69, 9.17) is 13.9 Å². The Morgan fingerprint density at radius 1 is 1.21 bits per heavy atom. The normalized spacial score (nSPS) is 11.6. The standard InChI is InChI=1S/C18H21NO5/c1-12-16(9-11-23-12)18(21)24-13(2)17(20)19-10-8-14-4-6-15(22-3)7-5-14/h4-7,9,11,13H,8,10H2,1-3H3,(H,19,20)/t13-/m0/s1. The monoisotopic (exact) mass is 331 g/mol. The first-order valence-electron chi connectivity index (χ1n) is 7.67. The highest BCUT2D eigenvalue weighted by molar-refractivity contribution is 5.92. The van der Waals surface area contributed by atoms with Crippen molar-refractivity contribution in [2.24, 2.45) is 0 Å². The molecule has 6 nitrogen and oxygen atoms in total. The third kappa shape index (κ3) is 4.62. The smallest absolute Gasteiger partial charge is 0.342 e. The van der Waals surface area contributed by atoms with Crippen LogP contribution in [0, 0.1) is 6.92 Å². The Labute approximate surface area is 140 Å². The second-order valence-electron chi connectivity index (χ2n) is 5.33. The number of aryl methyl sites for hydroxylation is 1.